The van der Waals surface area contributed by atoms with Crippen LogP contribution in [0.25, 0.3) is 0 Å². The molecule has 1 heterocycles. The Bertz CT molecular complexity index is 177. The summed E-state index contributed by atoms with van der Waals surface area (Å²) in [6, 6.07) is 1.51. The quantitative estimate of drug-likeness (QED) is 0.748. The molecule has 0 aromatic heterocycles. The molecule has 0 spiro atoms. The predicted molar refractivity (Wildman–Crippen MR) is 58.2 cm³/mol. The average Bonchev–Trinajstić information content (AvgIpc) is 2.85. The molecule has 2 fully saturated rings. The average molecular weight is 197 g/mol. The molecule has 1 N–H and O–H groups in total. The lowest BCUT2D eigenvalue weighted by atomic mass is 9.98. The standard InChI is InChI=1S/C12H23NO/c1-2-12-10(9-14)7-8-13(12)11-5-3-4-6-11/h10-12,14H,2-9H2,1H3. The van der Waals surface area contributed by atoms with Crippen molar-refractivity contribution in [1.82, 2.24) is 4.90 Å². The highest BCUT2D eigenvalue weighted by atomic mass is 16.3. The number of likely N-dealkylation sites (tertiary alicyclic amines) is 1. The molecule has 1 saturated heterocycles. The second-order valence-corrected chi connectivity index (χ2v) is 4.88. The highest BCUT2D eigenvalue weighted by molar-refractivity contribution is 4.91. The van der Waals surface area contributed by atoms with Gasteiger partial charge in [0.25, 0.3) is 0 Å². The van der Waals surface area contributed by atoms with Gasteiger partial charge in [0.2, 0.25) is 0 Å². The van der Waals surface area contributed by atoms with Crippen LogP contribution >= 0.6 is 0 Å². The van der Waals surface area contributed by atoms with Gasteiger partial charge in [-0.05, 0) is 38.1 Å². The van der Waals surface area contributed by atoms with Crippen LogP contribution in [0.4, 0.5) is 0 Å². The van der Waals surface area contributed by atoms with Crippen LogP contribution in [-0.4, -0.2) is 35.2 Å². The van der Waals surface area contributed by atoms with Crippen LogP contribution in [-0.2, 0) is 0 Å². The summed E-state index contributed by atoms with van der Waals surface area (Å²) in [5.74, 6) is 0.556. The lowest BCUT2D eigenvalue weighted by Gasteiger charge is -2.31. The first-order valence-electron chi connectivity index (χ1n) is 6.23. The molecule has 1 aliphatic heterocycles. The fraction of sp³-hybridized carbons (Fsp3) is 1.00. The van der Waals surface area contributed by atoms with E-state index in [-0.39, 0.29) is 0 Å². The second-order valence-electron chi connectivity index (χ2n) is 4.88. The van der Waals surface area contributed by atoms with Gasteiger partial charge in [0.15, 0.2) is 0 Å². The van der Waals surface area contributed by atoms with E-state index in [4.69, 9.17) is 0 Å². The maximum atomic E-state index is 9.30. The molecule has 1 aliphatic carbocycles. The van der Waals surface area contributed by atoms with Crippen molar-refractivity contribution >= 4 is 0 Å². The van der Waals surface area contributed by atoms with Crippen molar-refractivity contribution in [2.45, 2.75) is 57.5 Å². The molecule has 2 atom stereocenters. The van der Waals surface area contributed by atoms with E-state index in [1.54, 1.807) is 0 Å². The van der Waals surface area contributed by atoms with Crippen molar-refractivity contribution in [2.24, 2.45) is 5.92 Å². The zero-order valence-electron chi connectivity index (χ0n) is 9.28. The first-order chi connectivity index (χ1) is 6.86. The molecule has 0 bridgehead atoms. The Morgan fingerprint density at radius 3 is 2.50 bits per heavy atom. The van der Waals surface area contributed by atoms with Gasteiger partial charge in [-0.25, -0.2) is 0 Å². The number of rotatable bonds is 3. The topological polar surface area (TPSA) is 23.5 Å². The van der Waals surface area contributed by atoms with E-state index < -0.39 is 0 Å². The van der Waals surface area contributed by atoms with Crippen LogP contribution in [0.5, 0.6) is 0 Å². The summed E-state index contributed by atoms with van der Waals surface area (Å²) in [6.45, 7) is 3.89. The van der Waals surface area contributed by atoms with Gasteiger partial charge in [-0.1, -0.05) is 19.8 Å². The molecule has 0 radical (unpaired) electrons. The van der Waals surface area contributed by atoms with E-state index in [0.717, 1.165) is 6.04 Å². The molecule has 2 rings (SSSR count). The van der Waals surface area contributed by atoms with Gasteiger partial charge in [0, 0.05) is 18.7 Å². The number of aliphatic hydroxyl groups is 1. The van der Waals surface area contributed by atoms with Crippen LogP contribution in [0, 0.1) is 5.92 Å². The first-order valence-corrected chi connectivity index (χ1v) is 6.23. The zero-order valence-corrected chi connectivity index (χ0v) is 9.28. The molecule has 0 amide bonds. The number of aliphatic hydroxyl groups excluding tert-OH is 1. The largest absolute Gasteiger partial charge is 0.396 e. The van der Waals surface area contributed by atoms with Gasteiger partial charge >= 0.3 is 0 Å². The fourth-order valence-corrected chi connectivity index (χ4v) is 3.41. The number of hydrogen-bond acceptors (Lipinski definition) is 2. The van der Waals surface area contributed by atoms with Crippen LogP contribution in [0.2, 0.25) is 0 Å². The summed E-state index contributed by atoms with van der Waals surface area (Å²) in [7, 11) is 0. The van der Waals surface area contributed by atoms with Crippen molar-refractivity contribution in [3.8, 4) is 0 Å². The SMILES string of the molecule is CCC1C(CO)CCN1C1CCCC1. The molecule has 14 heavy (non-hydrogen) atoms. The third-order valence-electron chi connectivity index (χ3n) is 4.17. The van der Waals surface area contributed by atoms with Gasteiger partial charge < -0.3 is 5.11 Å². The molecule has 0 aromatic rings. The van der Waals surface area contributed by atoms with E-state index in [1.807, 2.05) is 0 Å². The van der Waals surface area contributed by atoms with Crippen LogP contribution in [0.1, 0.15) is 45.4 Å². The van der Waals surface area contributed by atoms with Crippen LogP contribution in [0.3, 0.4) is 0 Å². The Balaban J connectivity index is 1.97. The van der Waals surface area contributed by atoms with E-state index in [1.165, 1.54) is 45.1 Å². The molecule has 2 heteroatoms. The number of nitrogens with zero attached hydrogens (tertiary/aromatic N) is 1. The van der Waals surface area contributed by atoms with Gasteiger partial charge in [0.1, 0.15) is 0 Å². The molecule has 2 aliphatic rings. The minimum absolute atomic E-state index is 0.391. The summed E-state index contributed by atoms with van der Waals surface area (Å²) >= 11 is 0. The molecule has 2 nitrogen and oxygen atoms in total. The van der Waals surface area contributed by atoms with E-state index in [9.17, 15) is 5.11 Å². The fourth-order valence-electron chi connectivity index (χ4n) is 3.41. The van der Waals surface area contributed by atoms with Crippen molar-refractivity contribution in [3.05, 3.63) is 0 Å². The van der Waals surface area contributed by atoms with Gasteiger partial charge in [0.05, 0.1) is 0 Å². The van der Waals surface area contributed by atoms with Crippen molar-refractivity contribution in [3.63, 3.8) is 0 Å². The van der Waals surface area contributed by atoms with Crippen LogP contribution < -0.4 is 0 Å². The van der Waals surface area contributed by atoms with E-state index in [2.05, 4.69) is 11.8 Å². The highest BCUT2D eigenvalue weighted by Crippen LogP contribution is 2.34. The van der Waals surface area contributed by atoms with Gasteiger partial charge in [-0.15, -0.1) is 0 Å². The molecular weight excluding hydrogens is 174 g/mol. The van der Waals surface area contributed by atoms with Gasteiger partial charge in [-0.2, -0.15) is 0 Å². The molecular formula is C12H23NO. The summed E-state index contributed by atoms with van der Waals surface area (Å²) in [4.78, 5) is 2.69. The van der Waals surface area contributed by atoms with E-state index in [0.29, 0.717) is 18.6 Å². The second kappa shape index (κ2) is 4.63. The normalized spacial score (nSPS) is 35.6. The Hall–Kier alpha value is -0.0800. The lowest BCUT2D eigenvalue weighted by molar-refractivity contribution is 0.129. The molecule has 2 unspecified atom stereocenters. The summed E-state index contributed by atoms with van der Waals surface area (Å²) in [5.41, 5.74) is 0. The third kappa shape index (κ3) is 1.82. The molecule has 82 valence electrons. The summed E-state index contributed by atoms with van der Waals surface area (Å²) < 4.78 is 0. The summed E-state index contributed by atoms with van der Waals surface area (Å²) in [5, 5.41) is 9.30. The maximum Gasteiger partial charge on any atom is 0.0474 e. The maximum absolute atomic E-state index is 9.30. The smallest absolute Gasteiger partial charge is 0.0474 e. The van der Waals surface area contributed by atoms with Gasteiger partial charge in [-0.3, -0.25) is 4.90 Å². The van der Waals surface area contributed by atoms with Crippen LogP contribution in [0.15, 0.2) is 0 Å². The lowest BCUT2D eigenvalue weighted by Crippen LogP contribution is -2.39. The molecule has 1 saturated carbocycles. The molecule has 0 aromatic carbocycles. The monoisotopic (exact) mass is 197 g/mol. The Labute approximate surface area is 87.3 Å². The van der Waals surface area contributed by atoms with E-state index >= 15 is 0 Å². The Morgan fingerprint density at radius 2 is 1.93 bits per heavy atom. The highest BCUT2D eigenvalue weighted by Gasteiger charge is 2.36. The Kier molecular flexibility index (Phi) is 3.45. The zero-order chi connectivity index (χ0) is 9.97. The first kappa shape index (κ1) is 10.4. The Morgan fingerprint density at radius 1 is 1.21 bits per heavy atom. The van der Waals surface area contributed by atoms with Crippen molar-refractivity contribution in [2.75, 3.05) is 13.2 Å². The van der Waals surface area contributed by atoms with Crippen molar-refractivity contribution in [1.29, 1.82) is 0 Å². The minimum atomic E-state index is 0.391. The number of hydrogen-bond donors (Lipinski definition) is 1. The summed E-state index contributed by atoms with van der Waals surface area (Å²) in [6.07, 6.45) is 8.05. The third-order valence-corrected chi connectivity index (χ3v) is 4.17. The predicted octanol–water partition coefficient (Wildman–Crippen LogP) is 2.02. The minimum Gasteiger partial charge on any atom is -0.396 e. The van der Waals surface area contributed by atoms with Crippen molar-refractivity contribution < 1.29 is 5.11 Å².